The molecule has 0 heterocycles. The van der Waals surface area contributed by atoms with Crippen LogP contribution in [-0.2, 0) is 4.74 Å². The van der Waals surface area contributed by atoms with Gasteiger partial charge in [0.1, 0.15) is 0 Å². The molecule has 1 unspecified atom stereocenters. The number of nitrogen functional groups attached to an aromatic ring is 1. The summed E-state index contributed by atoms with van der Waals surface area (Å²) in [6.07, 6.45) is 3.72. The minimum Gasteiger partial charge on any atom is -0.462 e. The van der Waals surface area contributed by atoms with Gasteiger partial charge in [0.25, 0.3) is 0 Å². The predicted molar refractivity (Wildman–Crippen MR) is 75.8 cm³/mol. The van der Waals surface area contributed by atoms with Gasteiger partial charge in [0.15, 0.2) is 0 Å². The summed E-state index contributed by atoms with van der Waals surface area (Å²) in [7, 11) is 0. The summed E-state index contributed by atoms with van der Waals surface area (Å²) < 4.78 is 5.01. The summed E-state index contributed by atoms with van der Waals surface area (Å²) in [5, 5.41) is 0. The van der Waals surface area contributed by atoms with Gasteiger partial charge in [0.2, 0.25) is 0 Å². The average Bonchev–Trinajstić information content (AvgIpc) is 2.27. The van der Waals surface area contributed by atoms with Gasteiger partial charge in [-0.1, -0.05) is 34.5 Å². The Morgan fingerprint density at radius 3 is 2.83 bits per heavy atom. The first-order valence-corrected chi connectivity index (χ1v) is 7.26. The minimum atomic E-state index is -0.342. The molecule has 4 heteroatoms. The summed E-state index contributed by atoms with van der Waals surface area (Å²) in [4.78, 5) is 12.0. The van der Waals surface area contributed by atoms with Crippen molar-refractivity contribution >= 4 is 27.6 Å². The number of halogens is 1. The van der Waals surface area contributed by atoms with E-state index in [1.807, 2.05) is 12.1 Å². The molecule has 1 aromatic carbocycles. The highest BCUT2D eigenvalue weighted by molar-refractivity contribution is 9.09. The number of ether oxygens (including phenoxy) is 1. The first kappa shape index (κ1) is 13.4. The first-order valence-electron chi connectivity index (χ1n) is 6.34. The Labute approximate surface area is 116 Å². The van der Waals surface area contributed by atoms with Gasteiger partial charge in [-0.15, -0.1) is 0 Å². The van der Waals surface area contributed by atoms with Crippen LogP contribution in [0.1, 0.15) is 46.9 Å². The normalized spacial score (nSPS) is 17.0. The van der Waals surface area contributed by atoms with Crippen molar-refractivity contribution in [2.45, 2.75) is 31.0 Å². The van der Waals surface area contributed by atoms with Crippen molar-refractivity contribution in [3.05, 3.63) is 29.3 Å². The van der Waals surface area contributed by atoms with Crippen LogP contribution in [0.2, 0.25) is 0 Å². The molecule has 98 valence electrons. The summed E-state index contributed by atoms with van der Waals surface area (Å²) in [6, 6.07) is 5.57. The van der Waals surface area contributed by atoms with Crippen molar-refractivity contribution in [3.63, 3.8) is 0 Å². The number of carbonyl (C=O) groups is 1. The molecule has 3 nitrogen and oxygen atoms in total. The Kier molecular flexibility index (Phi) is 4.27. The molecule has 1 aliphatic rings. The first-order chi connectivity index (χ1) is 8.65. The van der Waals surface area contributed by atoms with Gasteiger partial charge in [0, 0.05) is 4.83 Å². The molecule has 0 amide bonds. The van der Waals surface area contributed by atoms with Crippen LogP contribution in [0.25, 0.3) is 0 Å². The van der Waals surface area contributed by atoms with Crippen molar-refractivity contribution < 1.29 is 9.53 Å². The number of rotatable bonds is 4. The number of esters is 1. The van der Waals surface area contributed by atoms with Crippen LogP contribution in [-0.4, -0.2) is 12.6 Å². The van der Waals surface area contributed by atoms with E-state index in [1.54, 1.807) is 13.0 Å². The molecule has 0 saturated heterocycles. The van der Waals surface area contributed by atoms with Crippen LogP contribution < -0.4 is 5.73 Å². The second-order valence-electron chi connectivity index (χ2n) is 4.62. The average molecular weight is 312 g/mol. The van der Waals surface area contributed by atoms with E-state index >= 15 is 0 Å². The lowest BCUT2D eigenvalue weighted by atomic mass is 9.80. The molecule has 0 aromatic heterocycles. The summed E-state index contributed by atoms with van der Waals surface area (Å²) in [6.45, 7) is 2.16. The van der Waals surface area contributed by atoms with E-state index < -0.39 is 0 Å². The van der Waals surface area contributed by atoms with Gasteiger partial charge in [0.05, 0.1) is 17.9 Å². The van der Waals surface area contributed by atoms with Crippen molar-refractivity contribution in [2.24, 2.45) is 5.92 Å². The van der Waals surface area contributed by atoms with Crippen LogP contribution in [0.5, 0.6) is 0 Å². The second kappa shape index (κ2) is 5.74. The fraction of sp³-hybridized carbons (Fsp3) is 0.500. The molecular formula is C14H18BrNO2. The largest absolute Gasteiger partial charge is 0.462 e. The molecule has 0 aliphatic heterocycles. The Morgan fingerprint density at radius 1 is 1.56 bits per heavy atom. The van der Waals surface area contributed by atoms with E-state index in [0.29, 0.717) is 23.8 Å². The molecule has 0 bridgehead atoms. The van der Waals surface area contributed by atoms with Crippen LogP contribution >= 0.6 is 15.9 Å². The van der Waals surface area contributed by atoms with Gasteiger partial charge in [-0.2, -0.15) is 0 Å². The number of benzene rings is 1. The highest BCUT2D eigenvalue weighted by Crippen LogP contribution is 2.45. The van der Waals surface area contributed by atoms with E-state index in [4.69, 9.17) is 10.5 Å². The lowest BCUT2D eigenvalue weighted by Gasteiger charge is -2.31. The minimum absolute atomic E-state index is 0.237. The second-order valence-corrected chi connectivity index (χ2v) is 5.61. The molecule has 1 atom stereocenters. The van der Waals surface area contributed by atoms with Crippen molar-refractivity contribution in [2.75, 3.05) is 12.3 Å². The monoisotopic (exact) mass is 311 g/mol. The molecular weight excluding hydrogens is 294 g/mol. The highest BCUT2D eigenvalue weighted by Gasteiger charge is 2.28. The van der Waals surface area contributed by atoms with Crippen LogP contribution in [0.15, 0.2) is 18.2 Å². The zero-order valence-corrected chi connectivity index (χ0v) is 12.1. The number of nitrogens with two attached hydrogens (primary N) is 1. The van der Waals surface area contributed by atoms with Gasteiger partial charge in [-0.25, -0.2) is 4.79 Å². The van der Waals surface area contributed by atoms with Crippen molar-refractivity contribution in [3.8, 4) is 0 Å². The number of alkyl halides is 1. The van der Waals surface area contributed by atoms with Gasteiger partial charge >= 0.3 is 5.97 Å². The standard InChI is InChI=1S/C14H18BrNO2/c1-2-18-14(17)11-8-4-7-10(13(11)16)12(15)9-5-3-6-9/h4,7-9,12H,2-3,5-6,16H2,1H3. The van der Waals surface area contributed by atoms with Crippen LogP contribution in [0.4, 0.5) is 5.69 Å². The smallest absolute Gasteiger partial charge is 0.340 e. The van der Waals surface area contributed by atoms with E-state index in [1.165, 1.54) is 19.3 Å². The maximum absolute atomic E-state index is 11.8. The van der Waals surface area contributed by atoms with E-state index in [0.717, 1.165) is 5.56 Å². The summed E-state index contributed by atoms with van der Waals surface area (Å²) in [5.41, 5.74) is 8.12. The Bertz CT molecular complexity index is 443. The highest BCUT2D eigenvalue weighted by atomic mass is 79.9. The number of hydrogen-bond acceptors (Lipinski definition) is 3. The fourth-order valence-corrected chi connectivity index (χ4v) is 3.12. The zero-order valence-electron chi connectivity index (χ0n) is 10.5. The Balaban J connectivity index is 2.26. The van der Waals surface area contributed by atoms with Gasteiger partial charge < -0.3 is 10.5 Å². The topological polar surface area (TPSA) is 52.3 Å². The van der Waals surface area contributed by atoms with Gasteiger partial charge in [-0.05, 0) is 37.3 Å². The number of anilines is 1. The van der Waals surface area contributed by atoms with E-state index in [2.05, 4.69) is 15.9 Å². The quantitative estimate of drug-likeness (QED) is 0.524. The van der Waals surface area contributed by atoms with E-state index in [-0.39, 0.29) is 10.8 Å². The zero-order chi connectivity index (χ0) is 13.1. The van der Waals surface area contributed by atoms with E-state index in [9.17, 15) is 4.79 Å². The Hall–Kier alpha value is -1.03. The fourth-order valence-electron chi connectivity index (χ4n) is 2.20. The molecule has 2 N–H and O–H groups in total. The maximum atomic E-state index is 11.8. The number of hydrogen-bond donors (Lipinski definition) is 1. The molecule has 1 fully saturated rings. The maximum Gasteiger partial charge on any atom is 0.340 e. The number of carbonyl (C=O) groups excluding carboxylic acids is 1. The molecule has 1 aliphatic carbocycles. The summed E-state index contributed by atoms with van der Waals surface area (Å²) in [5.74, 6) is 0.287. The van der Waals surface area contributed by atoms with Crippen LogP contribution in [0, 0.1) is 5.92 Å². The third-order valence-electron chi connectivity index (χ3n) is 3.50. The lowest BCUT2D eigenvalue weighted by molar-refractivity contribution is 0.0527. The molecule has 0 spiro atoms. The molecule has 1 aromatic rings. The Morgan fingerprint density at radius 2 is 2.28 bits per heavy atom. The predicted octanol–water partition coefficient (Wildman–Crippen LogP) is 3.68. The lowest BCUT2D eigenvalue weighted by Crippen LogP contribution is -2.18. The molecule has 2 rings (SSSR count). The van der Waals surface area contributed by atoms with Crippen LogP contribution in [0.3, 0.4) is 0 Å². The van der Waals surface area contributed by atoms with Crippen molar-refractivity contribution in [1.82, 2.24) is 0 Å². The third-order valence-corrected chi connectivity index (χ3v) is 4.74. The molecule has 18 heavy (non-hydrogen) atoms. The SMILES string of the molecule is CCOC(=O)c1cccc(C(Br)C2CCC2)c1N. The van der Waals surface area contributed by atoms with Crippen molar-refractivity contribution in [1.29, 1.82) is 0 Å². The van der Waals surface area contributed by atoms with Gasteiger partial charge in [-0.3, -0.25) is 0 Å². The summed E-state index contributed by atoms with van der Waals surface area (Å²) >= 11 is 3.70. The molecule has 0 radical (unpaired) electrons. The number of para-hydroxylation sites is 1. The molecule has 1 saturated carbocycles. The third kappa shape index (κ3) is 2.53.